The Morgan fingerprint density at radius 2 is 1.07 bits per heavy atom. The monoisotopic (exact) mass is 376 g/mol. The average Bonchev–Trinajstić information content (AvgIpc) is 2.74. The van der Waals surface area contributed by atoms with Gasteiger partial charge < -0.3 is 20.1 Å². The summed E-state index contributed by atoms with van der Waals surface area (Å²) >= 11 is 0. The lowest BCUT2D eigenvalue weighted by atomic mass is 10.1. The molecule has 3 aromatic carbocycles. The lowest BCUT2D eigenvalue weighted by molar-refractivity contribution is 0.0990. The molecule has 2 N–H and O–H groups in total. The van der Waals surface area contributed by atoms with E-state index in [4.69, 9.17) is 9.47 Å². The summed E-state index contributed by atoms with van der Waals surface area (Å²) in [6.07, 6.45) is 0. The summed E-state index contributed by atoms with van der Waals surface area (Å²) in [4.78, 5) is 25.5. The second-order valence-electron chi connectivity index (χ2n) is 5.92. The number of hydrogen-bond acceptors (Lipinski definition) is 4. The molecule has 0 saturated heterocycles. The summed E-state index contributed by atoms with van der Waals surface area (Å²) in [5.74, 6) is 0.484. The Labute approximate surface area is 163 Å². The quantitative estimate of drug-likeness (QED) is 0.676. The van der Waals surface area contributed by atoms with Gasteiger partial charge in [0.1, 0.15) is 11.5 Å². The minimum absolute atomic E-state index is 0.269. The molecule has 6 nitrogen and oxygen atoms in total. The minimum atomic E-state index is -0.385. The fourth-order valence-corrected chi connectivity index (χ4v) is 2.68. The summed E-state index contributed by atoms with van der Waals surface area (Å²) < 4.78 is 10.3. The second kappa shape index (κ2) is 8.73. The molecule has 0 atom stereocenters. The summed E-state index contributed by atoms with van der Waals surface area (Å²) in [7, 11) is 3.11. The molecule has 0 unspecified atom stereocenters. The zero-order valence-corrected chi connectivity index (χ0v) is 15.6. The van der Waals surface area contributed by atoms with E-state index >= 15 is 0 Å². The number of ether oxygens (including phenoxy) is 2. The number of benzene rings is 3. The average molecular weight is 376 g/mol. The van der Waals surface area contributed by atoms with Gasteiger partial charge in [0, 0.05) is 23.5 Å². The van der Waals surface area contributed by atoms with Crippen LogP contribution in [0.3, 0.4) is 0 Å². The third-order valence-electron chi connectivity index (χ3n) is 4.07. The van der Waals surface area contributed by atoms with Gasteiger partial charge in [-0.1, -0.05) is 24.3 Å². The zero-order valence-electron chi connectivity index (χ0n) is 15.6. The van der Waals surface area contributed by atoms with E-state index < -0.39 is 0 Å². The molecule has 0 aromatic heterocycles. The maximum absolute atomic E-state index is 12.7. The Bertz CT molecular complexity index is 921. The van der Waals surface area contributed by atoms with Crippen LogP contribution in [0, 0.1) is 0 Å². The predicted molar refractivity (Wildman–Crippen MR) is 108 cm³/mol. The van der Waals surface area contributed by atoms with Crippen LogP contribution >= 0.6 is 0 Å². The number of hydrogen-bond donors (Lipinski definition) is 2. The number of carbonyl (C=O) groups excluding carboxylic acids is 2. The van der Waals surface area contributed by atoms with Crippen LogP contribution in [0.1, 0.15) is 20.7 Å². The molecule has 0 heterocycles. The van der Waals surface area contributed by atoms with E-state index in [0.717, 1.165) is 0 Å². The van der Waals surface area contributed by atoms with Crippen LogP contribution in [0.5, 0.6) is 11.5 Å². The zero-order chi connectivity index (χ0) is 19.9. The summed E-state index contributed by atoms with van der Waals surface area (Å²) in [5.41, 5.74) is 1.69. The van der Waals surface area contributed by atoms with Gasteiger partial charge in [-0.3, -0.25) is 9.59 Å². The Kier molecular flexibility index (Phi) is 5.91. The molecule has 142 valence electrons. The van der Waals surface area contributed by atoms with Crippen LogP contribution in [-0.4, -0.2) is 26.0 Å². The fraction of sp³-hybridized carbons (Fsp3) is 0.0909. The topological polar surface area (TPSA) is 76.7 Å². The molecule has 0 aliphatic heterocycles. The molecule has 0 fully saturated rings. The molecule has 0 aliphatic carbocycles. The molecule has 0 saturated carbocycles. The Morgan fingerprint density at radius 3 is 1.46 bits per heavy atom. The predicted octanol–water partition coefficient (Wildman–Crippen LogP) is 4.21. The summed E-state index contributed by atoms with van der Waals surface area (Å²) in [6.45, 7) is 0. The Morgan fingerprint density at radius 1 is 0.643 bits per heavy atom. The van der Waals surface area contributed by atoms with Crippen molar-refractivity contribution < 1.29 is 19.1 Å². The summed E-state index contributed by atoms with van der Waals surface area (Å²) in [5, 5.41) is 5.58. The van der Waals surface area contributed by atoms with Gasteiger partial charge in [-0.2, -0.15) is 0 Å². The van der Waals surface area contributed by atoms with Crippen molar-refractivity contribution in [3.63, 3.8) is 0 Å². The smallest absolute Gasteiger partial charge is 0.256 e. The van der Waals surface area contributed by atoms with Crippen molar-refractivity contribution >= 4 is 23.2 Å². The van der Waals surface area contributed by atoms with Crippen LogP contribution in [-0.2, 0) is 0 Å². The number of amides is 2. The highest BCUT2D eigenvalue weighted by molar-refractivity contribution is 6.15. The molecule has 6 heteroatoms. The van der Waals surface area contributed by atoms with E-state index in [-0.39, 0.29) is 22.9 Å². The first kappa shape index (κ1) is 19.0. The fourth-order valence-electron chi connectivity index (χ4n) is 2.68. The summed E-state index contributed by atoms with van der Waals surface area (Å²) in [6, 6.07) is 20.7. The van der Waals surface area contributed by atoms with E-state index in [9.17, 15) is 9.59 Å². The third kappa shape index (κ3) is 4.48. The molecule has 2 amide bonds. The molecule has 0 bridgehead atoms. The maximum atomic E-state index is 12.7. The molecular weight excluding hydrogens is 356 g/mol. The highest BCUT2D eigenvalue weighted by Gasteiger charge is 2.17. The lowest BCUT2D eigenvalue weighted by Gasteiger charge is -2.12. The molecule has 0 spiro atoms. The first-order valence-corrected chi connectivity index (χ1v) is 8.60. The van der Waals surface area contributed by atoms with Gasteiger partial charge in [-0.25, -0.2) is 0 Å². The van der Waals surface area contributed by atoms with Gasteiger partial charge >= 0.3 is 0 Å². The third-order valence-corrected chi connectivity index (χ3v) is 4.07. The maximum Gasteiger partial charge on any atom is 0.256 e. The van der Waals surface area contributed by atoms with Crippen molar-refractivity contribution in [2.45, 2.75) is 0 Å². The van der Waals surface area contributed by atoms with Gasteiger partial charge in [0.2, 0.25) is 0 Å². The van der Waals surface area contributed by atoms with Crippen LogP contribution in [0.4, 0.5) is 11.4 Å². The van der Waals surface area contributed by atoms with Gasteiger partial charge in [-0.05, 0) is 36.4 Å². The van der Waals surface area contributed by atoms with E-state index in [0.29, 0.717) is 22.9 Å². The Hall–Kier alpha value is -3.80. The van der Waals surface area contributed by atoms with Crippen LogP contribution in [0.2, 0.25) is 0 Å². The van der Waals surface area contributed by atoms with Crippen molar-refractivity contribution in [3.05, 3.63) is 83.9 Å². The number of carbonyl (C=O) groups is 2. The first-order valence-electron chi connectivity index (χ1n) is 8.60. The number of anilines is 2. The number of nitrogens with one attached hydrogen (secondary N) is 2. The van der Waals surface area contributed by atoms with E-state index in [1.807, 2.05) is 0 Å². The van der Waals surface area contributed by atoms with Crippen molar-refractivity contribution in [3.8, 4) is 11.5 Å². The number of methoxy groups -OCH3 is 2. The van der Waals surface area contributed by atoms with Gasteiger partial charge in [-0.15, -0.1) is 0 Å². The van der Waals surface area contributed by atoms with Crippen LogP contribution in [0.25, 0.3) is 0 Å². The largest absolute Gasteiger partial charge is 0.497 e. The molecule has 0 radical (unpaired) electrons. The molecule has 28 heavy (non-hydrogen) atoms. The Balaban J connectivity index is 1.81. The van der Waals surface area contributed by atoms with E-state index in [1.54, 1.807) is 87.0 Å². The van der Waals surface area contributed by atoms with Crippen molar-refractivity contribution in [2.24, 2.45) is 0 Å². The van der Waals surface area contributed by atoms with Crippen molar-refractivity contribution in [1.82, 2.24) is 0 Å². The number of rotatable bonds is 6. The highest BCUT2D eigenvalue weighted by atomic mass is 16.5. The van der Waals surface area contributed by atoms with Crippen LogP contribution in [0.15, 0.2) is 72.8 Å². The molecule has 3 aromatic rings. The minimum Gasteiger partial charge on any atom is -0.497 e. The lowest BCUT2D eigenvalue weighted by Crippen LogP contribution is -2.20. The molecule has 0 aliphatic rings. The van der Waals surface area contributed by atoms with Gasteiger partial charge in [0.05, 0.1) is 25.3 Å². The molecule has 3 rings (SSSR count). The first-order chi connectivity index (χ1) is 13.6. The highest BCUT2D eigenvalue weighted by Crippen LogP contribution is 2.20. The van der Waals surface area contributed by atoms with E-state index in [1.165, 1.54) is 0 Å². The SMILES string of the molecule is COc1cccc(NC(=O)c2ccccc2C(=O)Nc2cccc(OC)c2)c1. The second-order valence-corrected chi connectivity index (χ2v) is 5.92. The van der Waals surface area contributed by atoms with Gasteiger partial charge in [0.15, 0.2) is 0 Å². The van der Waals surface area contributed by atoms with Crippen molar-refractivity contribution in [2.75, 3.05) is 24.9 Å². The van der Waals surface area contributed by atoms with Gasteiger partial charge in [0.25, 0.3) is 11.8 Å². The van der Waals surface area contributed by atoms with E-state index in [2.05, 4.69) is 10.6 Å². The molecular formula is C22H20N2O4. The van der Waals surface area contributed by atoms with Crippen molar-refractivity contribution in [1.29, 1.82) is 0 Å². The standard InChI is InChI=1S/C22H20N2O4/c1-27-17-9-5-7-15(13-17)23-21(25)19-11-3-4-12-20(19)22(26)24-16-8-6-10-18(14-16)28-2/h3-14H,1-2H3,(H,23,25)(H,24,26). The van der Waals surface area contributed by atoms with Crippen LogP contribution < -0.4 is 20.1 Å². The normalized spacial score (nSPS) is 10.1.